The number of benzene rings is 3. The monoisotopic (exact) mass is 866 g/mol. The van der Waals surface area contributed by atoms with E-state index in [1.54, 1.807) is 53.7 Å². The first kappa shape index (κ1) is 46.5. The lowest BCUT2D eigenvalue weighted by atomic mass is 9.78. The smallest absolute Gasteiger partial charge is 0.312 e. The summed E-state index contributed by atoms with van der Waals surface area (Å²) < 4.78 is 25.9. The van der Waals surface area contributed by atoms with Crippen LogP contribution < -0.4 is 10.1 Å². The number of nitrogens with one attached hydrogen (secondary N) is 1. The summed E-state index contributed by atoms with van der Waals surface area (Å²) in [5.74, 6) is -7.82. The number of fused-ring (bicyclic) bond motifs is 1. The number of phenols is 2. The number of amides is 1. The number of ketones is 2. The number of esters is 1. The zero-order valence-corrected chi connectivity index (χ0v) is 37.6. The molecule has 4 aromatic rings. The van der Waals surface area contributed by atoms with E-state index in [1.165, 1.54) is 53.2 Å². The highest BCUT2D eigenvalue weighted by Gasteiger charge is 2.50. The number of carbonyl (C=O) groups is 4. The second-order valence-electron chi connectivity index (χ2n) is 17.2. The molecule has 2 aliphatic rings. The molecule has 63 heavy (non-hydrogen) atoms. The summed E-state index contributed by atoms with van der Waals surface area (Å²) in [6.45, 7) is 16.0. The average molecular weight is 867 g/mol. The number of Topliss-reactive ketones (excluding diaryl/α,β-unsaturated/α-hetero) is 2. The third-order valence-electron chi connectivity index (χ3n) is 12.8. The summed E-state index contributed by atoms with van der Waals surface area (Å²) in [7, 11) is 1.45. The first-order chi connectivity index (χ1) is 29.7. The Balaban J connectivity index is 1.65. The average Bonchev–Trinajstić information content (AvgIpc) is 3.68. The first-order valence-corrected chi connectivity index (χ1v) is 21.1. The summed E-state index contributed by atoms with van der Waals surface area (Å²) >= 11 is 0. The van der Waals surface area contributed by atoms with Gasteiger partial charge in [0.15, 0.2) is 11.5 Å². The van der Waals surface area contributed by atoms with Crippen LogP contribution in [0.5, 0.6) is 17.2 Å². The second kappa shape index (κ2) is 18.0. The maximum Gasteiger partial charge on any atom is 0.312 e. The number of hydrogen-bond donors (Lipinski definition) is 5. The molecule has 9 atom stereocenters. The fourth-order valence-electron chi connectivity index (χ4n) is 9.11. The molecule has 9 unspecified atom stereocenters. The lowest BCUT2D eigenvalue weighted by Gasteiger charge is -2.38. The summed E-state index contributed by atoms with van der Waals surface area (Å²) in [6.07, 6.45) is 3.68. The number of phenolic OH excluding ortho intramolecular Hbond substituents is 2. The van der Waals surface area contributed by atoms with Gasteiger partial charge in [-0.3, -0.25) is 19.2 Å². The fraction of sp³-hybridized carbons (Fsp3) is 0.429. The number of aromatic nitrogens is 1. The number of aromatic hydroxyl groups is 2. The van der Waals surface area contributed by atoms with Crippen molar-refractivity contribution in [3.05, 3.63) is 94.4 Å². The van der Waals surface area contributed by atoms with E-state index in [4.69, 9.17) is 18.9 Å². The van der Waals surface area contributed by atoms with Gasteiger partial charge in [-0.2, -0.15) is 0 Å². The van der Waals surface area contributed by atoms with Crippen molar-refractivity contribution in [1.29, 1.82) is 0 Å². The molecule has 14 nitrogen and oxygen atoms in total. The van der Waals surface area contributed by atoms with Crippen molar-refractivity contribution >= 4 is 50.8 Å². The molecule has 0 fully saturated rings. The molecule has 0 aliphatic carbocycles. The minimum Gasteiger partial charge on any atom is -0.507 e. The van der Waals surface area contributed by atoms with Gasteiger partial charge in [0.05, 0.1) is 46.7 Å². The lowest BCUT2D eigenvalue weighted by Crippen LogP contribution is -2.46. The molecule has 5 N–H and O–H groups in total. The number of ether oxygens (including phenoxy) is 4. The van der Waals surface area contributed by atoms with E-state index in [0.29, 0.717) is 5.69 Å². The van der Waals surface area contributed by atoms with Gasteiger partial charge >= 0.3 is 11.8 Å². The van der Waals surface area contributed by atoms with E-state index < -0.39 is 83.0 Å². The number of allylic oxidation sites excluding steroid dienone is 2. The largest absolute Gasteiger partial charge is 0.507 e. The van der Waals surface area contributed by atoms with E-state index in [9.17, 15) is 39.6 Å². The Hall–Kier alpha value is -5.96. The minimum atomic E-state index is -2.03. The molecular weight excluding hydrogens is 809 g/mol. The number of methoxy groups -OCH3 is 1. The summed E-state index contributed by atoms with van der Waals surface area (Å²) in [6, 6.07) is 9.40. The van der Waals surface area contributed by atoms with Gasteiger partial charge in [0, 0.05) is 84.3 Å². The lowest BCUT2D eigenvalue weighted by molar-refractivity contribution is -0.160. The van der Waals surface area contributed by atoms with Crippen molar-refractivity contribution in [2.75, 3.05) is 12.4 Å². The summed E-state index contributed by atoms with van der Waals surface area (Å²) in [5, 5.41) is 50.2. The molecule has 6 rings (SSSR count). The van der Waals surface area contributed by atoms with Crippen molar-refractivity contribution in [3.63, 3.8) is 0 Å². The molecule has 0 saturated heterocycles. The molecule has 3 heterocycles. The van der Waals surface area contributed by atoms with Crippen LogP contribution in [-0.4, -0.2) is 85.7 Å². The van der Waals surface area contributed by atoms with Gasteiger partial charge in [0.25, 0.3) is 11.7 Å². The highest BCUT2D eigenvalue weighted by Crippen LogP contribution is 2.55. The van der Waals surface area contributed by atoms with Gasteiger partial charge in [0.2, 0.25) is 0 Å². The maximum absolute atomic E-state index is 14.9. The third-order valence-corrected chi connectivity index (χ3v) is 12.8. The molecule has 1 aromatic heterocycles. The highest BCUT2D eigenvalue weighted by molar-refractivity contribution is 6.31. The summed E-state index contributed by atoms with van der Waals surface area (Å²) in [5.41, 5.74) is 1.90. The van der Waals surface area contributed by atoms with E-state index in [0.717, 1.165) is 5.56 Å². The van der Waals surface area contributed by atoms with Crippen LogP contribution in [0.4, 0.5) is 5.69 Å². The number of nitrogens with zero attached hydrogens (tertiary/aromatic N) is 1. The minimum absolute atomic E-state index is 0.0103. The highest BCUT2D eigenvalue weighted by atomic mass is 16.7. The van der Waals surface area contributed by atoms with Crippen LogP contribution >= 0.6 is 0 Å². The van der Waals surface area contributed by atoms with Gasteiger partial charge < -0.3 is 49.3 Å². The Labute approximate surface area is 366 Å². The maximum atomic E-state index is 14.9. The van der Waals surface area contributed by atoms with Gasteiger partial charge in [-0.1, -0.05) is 76.3 Å². The van der Waals surface area contributed by atoms with Crippen LogP contribution in [0.15, 0.2) is 66.5 Å². The predicted octanol–water partition coefficient (Wildman–Crippen LogP) is 7.56. The van der Waals surface area contributed by atoms with Crippen LogP contribution in [-0.2, 0) is 30.3 Å². The zero-order valence-electron chi connectivity index (χ0n) is 37.6. The van der Waals surface area contributed by atoms with Gasteiger partial charge in [0.1, 0.15) is 17.6 Å². The van der Waals surface area contributed by atoms with Crippen LogP contribution in [0.2, 0.25) is 0 Å². The van der Waals surface area contributed by atoms with Crippen LogP contribution in [0.3, 0.4) is 0 Å². The van der Waals surface area contributed by atoms with Crippen molar-refractivity contribution in [2.24, 2.45) is 23.7 Å². The topological polar surface area (TPSA) is 203 Å². The Bertz CT molecular complexity index is 2570. The Morgan fingerprint density at radius 3 is 2.17 bits per heavy atom. The first-order valence-electron chi connectivity index (χ1n) is 21.1. The van der Waals surface area contributed by atoms with Crippen LogP contribution in [0, 0.1) is 37.5 Å². The normalized spacial score (nSPS) is 27.0. The predicted molar refractivity (Wildman–Crippen MR) is 238 cm³/mol. The Kier molecular flexibility index (Phi) is 13.3. The van der Waals surface area contributed by atoms with Crippen molar-refractivity contribution in [2.45, 2.75) is 106 Å². The third kappa shape index (κ3) is 8.34. The number of hydrogen-bond acceptors (Lipinski definition) is 12. The van der Waals surface area contributed by atoms with Gasteiger partial charge in [-0.05, 0) is 39.3 Å². The number of rotatable bonds is 5. The standard InChI is InChI=1S/C49H58N2O12/c1-23-16-15-17-24(2)48(59)50-39-36-34(30(8)52)29(7)51(22-32-18-13-12-14-19-32)40(36)35-37(44(39)57)43(56)28(6)46-38(35)47(58)49(10,63-46)61-21-20-33(60-11)25(3)45(62-31(9)53)27(5)42(55)26(4)41(23)54/h12-21,23,25-27,33,41-42,45,54-57H,22H2,1-11H3,(H,50,59). The van der Waals surface area contributed by atoms with Crippen LogP contribution in [0.25, 0.3) is 21.7 Å². The van der Waals surface area contributed by atoms with E-state index >= 15 is 0 Å². The van der Waals surface area contributed by atoms with E-state index in [1.807, 2.05) is 34.9 Å². The number of anilines is 1. The number of aliphatic hydroxyl groups excluding tert-OH is 2. The van der Waals surface area contributed by atoms with E-state index in [-0.39, 0.29) is 67.7 Å². The SMILES string of the molecule is COC1C=COC2(C)Oc3c(C)c(O)c4c(O)c(c5c(C(C)=O)c(C)n(Cc6ccccc6)c5c4c3C2=O)NC(=O)C(C)=CC=CC(C)C(O)C(C)C(O)C(C)C(OC(C)=O)C1C. The summed E-state index contributed by atoms with van der Waals surface area (Å²) in [4.78, 5) is 55.2. The molecular formula is C49H58N2O12. The second-order valence-corrected chi connectivity index (χ2v) is 17.2. The molecule has 1 amide bonds. The van der Waals surface area contributed by atoms with E-state index in [2.05, 4.69) is 5.32 Å². The van der Waals surface area contributed by atoms with Crippen molar-refractivity contribution in [1.82, 2.24) is 4.57 Å². The Morgan fingerprint density at radius 2 is 1.56 bits per heavy atom. The number of carbonyl (C=O) groups excluding carboxylic acids is 4. The van der Waals surface area contributed by atoms with Crippen molar-refractivity contribution in [3.8, 4) is 17.2 Å². The molecule has 2 aliphatic heterocycles. The Morgan fingerprint density at radius 1 is 0.889 bits per heavy atom. The number of aliphatic hydroxyl groups is 2. The fourth-order valence-corrected chi connectivity index (χ4v) is 9.11. The molecule has 3 aromatic carbocycles. The molecule has 0 spiro atoms. The quantitative estimate of drug-likeness (QED) is 0.0750. The molecule has 336 valence electrons. The molecule has 14 heteroatoms. The molecule has 0 radical (unpaired) electrons. The van der Waals surface area contributed by atoms with Crippen molar-refractivity contribution < 1.29 is 58.6 Å². The zero-order chi connectivity index (χ0) is 46.4. The van der Waals surface area contributed by atoms with Gasteiger partial charge in [-0.15, -0.1) is 0 Å². The molecule has 0 saturated carbocycles. The molecule has 4 bridgehead atoms. The van der Waals surface area contributed by atoms with Gasteiger partial charge in [-0.25, -0.2) is 0 Å². The van der Waals surface area contributed by atoms with Crippen LogP contribution in [0.1, 0.15) is 92.9 Å².